The normalized spacial score (nSPS) is 17.0. The molecule has 1 fully saturated rings. The van der Waals surface area contributed by atoms with E-state index in [4.69, 9.17) is 9.26 Å². The van der Waals surface area contributed by atoms with Crippen molar-refractivity contribution in [2.24, 2.45) is 0 Å². The Morgan fingerprint density at radius 2 is 1.91 bits per heavy atom. The smallest absolute Gasteiger partial charge is 0.248 e. The van der Waals surface area contributed by atoms with Crippen molar-refractivity contribution in [2.45, 2.75) is 44.6 Å². The second-order valence-electron chi connectivity index (χ2n) is 8.01. The zero-order valence-electron chi connectivity index (χ0n) is 19.1. The summed E-state index contributed by atoms with van der Waals surface area (Å²) in [4.78, 5) is 14.9. The first-order valence-electron chi connectivity index (χ1n) is 10.8. The molecule has 176 valence electrons. The molecule has 0 aliphatic carbocycles. The summed E-state index contributed by atoms with van der Waals surface area (Å²) < 4.78 is 37.9. The topological polar surface area (TPSA) is 105 Å². The van der Waals surface area contributed by atoms with Gasteiger partial charge in [0.15, 0.2) is 5.76 Å². The van der Waals surface area contributed by atoms with E-state index in [0.717, 1.165) is 17.7 Å². The molecular weight excluding hydrogens is 432 g/mol. The Kier molecular flexibility index (Phi) is 7.91. The van der Waals surface area contributed by atoms with Crippen LogP contribution in [-0.4, -0.2) is 74.6 Å². The fourth-order valence-electron chi connectivity index (χ4n) is 3.95. The maximum atomic E-state index is 13.1. The summed E-state index contributed by atoms with van der Waals surface area (Å²) in [7, 11) is -2.05. The average molecular weight is 465 g/mol. The maximum Gasteiger partial charge on any atom is 0.248 e. The molecule has 1 saturated heterocycles. The monoisotopic (exact) mass is 464 g/mol. The number of benzene rings is 1. The Bertz CT molecular complexity index is 1000. The summed E-state index contributed by atoms with van der Waals surface area (Å²) in [5.74, 6) is 1.05. The number of rotatable bonds is 8. The first-order valence-corrected chi connectivity index (χ1v) is 12.3. The van der Waals surface area contributed by atoms with Gasteiger partial charge in [-0.05, 0) is 51.3 Å². The number of methoxy groups -OCH3 is 1. The number of amides is 1. The lowest BCUT2D eigenvalue weighted by Crippen LogP contribution is -2.47. The van der Waals surface area contributed by atoms with Gasteiger partial charge in [0.1, 0.15) is 16.3 Å². The summed E-state index contributed by atoms with van der Waals surface area (Å²) in [6, 6.07) is 7.43. The zero-order chi connectivity index (χ0) is 23.3. The lowest BCUT2D eigenvalue weighted by molar-refractivity contribution is -0.125. The van der Waals surface area contributed by atoms with Crippen molar-refractivity contribution < 1.29 is 22.5 Å². The lowest BCUT2D eigenvalue weighted by atomic mass is 10.1. The molecule has 9 nitrogen and oxygen atoms in total. The van der Waals surface area contributed by atoms with Crippen LogP contribution in [-0.2, 0) is 21.2 Å². The second kappa shape index (κ2) is 10.5. The predicted octanol–water partition coefficient (Wildman–Crippen LogP) is 1.74. The molecule has 1 aliphatic rings. The van der Waals surface area contributed by atoms with Gasteiger partial charge >= 0.3 is 0 Å². The molecule has 0 bridgehead atoms. The third-order valence-electron chi connectivity index (χ3n) is 5.85. The molecule has 1 aromatic carbocycles. The Morgan fingerprint density at radius 3 is 2.53 bits per heavy atom. The Labute approximate surface area is 189 Å². The highest BCUT2D eigenvalue weighted by Crippen LogP contribution is 2.24. The molecule has 1 N–H and O–H groups in total. The lowest BCUT2D eigenvalue weighted by Gasteiger charge is -2.27. The van der Waals surface area contributed by atoms with E-state index < -0.39 is 10.0 Å². The van der Waals surface area contributed by atoms with Crippen molar-refractivity contribution in [1.82, 2.24) is 19.7 Å². The van der Waals surface area contributed by atoms with Crippen LogP contribution in [0, 0.1) is 13.8 Å². The number of sulfonamides is 1. The minimum absolute atomic E-state index is 0.0551. The molecule has 1 unspecified atom stereocenters. The number of nitrogens with one attached hydrogen (secondary N) is 1. The Balaban J connectivity index is 1.53. The van der Waals surface area contributed by atoms with Gasteiger partial charge in [0.2, 0.25) is 15.9 Å². The number of ether oxygens (including phenoxy) is 1. The molecule has 1 atom stereocenters. The van der Waals surface area contributed by atoms with Gasteiger partial charge in [0.05, 0.1) is 13.2 Å². The highest BCUT2D eigenvalue weighted by Gasteiger charge is 2.33. The molecule has 1 amide bonds. The maximum absolute atomic E-state index is 13.1. The largest absolute Gasteiger partial charge is 0.497 e. The predicted molar refractivity (Wildman–Crippen MR) is 120 cm³/mol. The van der Waals surface area contributed by atoms with Gasteiger partial charge in [-0.2, -0.15) is 4.31 Å². The molecule has 3 rings (SSSR count). The summed E-state index contributed by atoms with van der Waals surface area (Å²) in [6.07, 6.45) is 1.37. The molecule has 0 radical (unpaired) electrons. The van der Waals surface area contributed by atoms with Crippen LogP contribution >= 0.6 is 0 Å². The molecule has 2 heterocycles. The SMILES string of the molecule is COc1ccc(CCNC(=O)C(C)N2CCCN(S(=O)(=O)c3c(C)noc3C)CC2)cc1. The number of hydrogen-bond acceptors (Lipinski definition) is 7. The number of aromatic nitrogens is 1. The van der Waals surface area contributed by atoms with Crippen molar-refractivity contribution in [3.8, 4) is 5.75 Å². The van der Waals surface area contributed by atoms with Crippen molar-refractivity contribution in [3.63, 3.8) is 0 Å². The first kappa shape index (κ1) is 24.2. The van der Waals surface area contributed by atoms with Crippen LogP contribution in [0.5, 0.6) is 5.75 Å². The number of nitrogens with zero attached hydrogens (tertiary/aromatic N) is 3. The second-order valence-corrected chi connectivity index (χ2v) is 9.89. The van der Waals surface area contributed by atoms with E-state index in [1.54, 1.807) is 21.0 Å². The number of hydrogen-bond donors (Lipinski definition) is 1. The quantitative estimate of drug-likeness (QED) is 0.634. The van der Waals surface area contributed by atoms with Crippen molar-refractivity contribution in [3.05, 3.63) is 41.3 Å². The summed E-state index contributed by atoms with van der Waals surface area (Å²) in [5.41, 5.74) is 1.49. The molecular formula is C22H32N4O5S. The van der Waals surface area contributed by atoms with Crippen molar-refractivity contribution in [1.29, 1.82) is 0 Å². The van der Waals surface area contributed by atoms with Crippen molar-refractivity contribution in [2.75, 3.05) is 39.8 Å². The van der Waals surface area contributed by atoms with Crippen LogP contribution in [0.25, 0.3) is 0 Å². The van der Waals surface area contributed by atoms with Gasteiger partial charge in [-0.1, -0.05) is 17.3 Å². The van der Waals surface area contributed by atoms with Gasteiger partial charge < -0.3 is 14.6 Å². The molecule has 2 aromatic rings. The third kappa shape index (κ3) is 5.48. The van der Waals surface area contributed by atoms with Crippen molar-refractivity contribution >= 4 is 15.9 Å². The third-order valence-corrected chi connectivity index (χ3v) is 8.00. The van der Waals surface area contributed by atoms with Gasteiger partial charge in [0, 0.05) is 32.7 Å². The van der Waals surface area contributed by atoms with Gasteiger partial charge in [-0.25, -0.2) is 8.42 Å². The first-order chi connectivity index (χ1) is 15.2. The highest BCUT2D eigenvalue weighted by molar-refractivity contribution is 7.89. The average Bonchev–Trinajstić information content (AvgIpc) is 2.97. The zero-order valence-corrected chi connectivity index (χ0v) is 19.9. The van der Waals surface area contributed by atoms with Crippen LogP contribution in [0.3, 0.4) is 0 Å². The van der Waals surface area contributed by atoms with Crippen LogP contribution in [0.2, 0.25) is 0 Å². The number of aryl methyl sites for hydroxylation is 2. The summed E-state index contributed by atoms with van der Waals surface area (Å²) in [5, 5.41) is 6.77. The number of carbonyl (C=O) groups excluding carboxylic acids is 1. The fourth-order valence-corrected chi connectivity index (χ4v) is 5.71. The Hall–Kier alpha value is -2.43. The van der Waals surface area contributed by atoms with Crippen LogP contribution in [0.15, 0.2) is 33.7 Å². The van der Waals surface area contributed by atoms with E-state index in [1.165, 1.54) is 4.31 Å². The summed E-state index contributed by atoms with van der Waals surface area (Å²) in [6.45, 7) is 7.49. The fraction of sp³-hybridized carbons (Fsp3) is 0.545. The molecule has 1 aliphatic heterocycles. The molecule has 0 saturated carbocycles. The Morgan fingerprint density at radius 1 is 1.19 bits per heavy atom. The minimum atomic E-state index is -3.68. The van der Waals surface area contributed by atoms with E-state index >= 15 is 0 Å². The van der Waals surface area contributed by atoms with E-state index in [0.29, 0.717) is 50.6 Å². The minimum Gasteiger partial charge on any atom is -0.497 e. The van der Waals surface area contributed by atoms with Crippen LogP contribution in [0.4, 0.5) is 0 Å². The van der Waals surface area contributed by atoms with Gasteiger partial charge in [-0.15, -0.1) is 0 Å². The molecule has 1 aromatic heterocycles. The molecule has 32 heavy (non-hydrogen) atoms. The molecule has 10 heteroatoms. The van der Waals surface area contributed by atoms with Crippen LogP contribution < -0.4 is 10.1 Å². The van der Waals surface area contributed by atoms with Crippen LogP contribution in [0.1, 0.15) is 30.4 Å². The van der Waals surface area contributed by atoms with E-state index in [2.05, 4.69) is 10.5 Å². The van der Waals surface area contributed by atoms with E-state index in [1.807, 2.05) is 36.1 Å². The standard InChI is InChI=1S/C22H32N4O5S/c1-16-21(18(3)31-24-16)32(28,29)26-13-5-12-25(14-15-26)17(2)22(27)23-11-10-19-6-8-20(30-4)9-7-19/h6-9,17H,5,10-15H2,1-4H3,(H,23,27). The molecule has 0 spiro atoms. The number of carbonyl (C=O) groups is 1. The van der Waals surface area contributed by atoms with Gasteiger partial charge in [0.25, 0.3) is 0 Å². The summed E-state index contributed by atoms with van der Waals surface area (Å²) >= 11 is 0. The van der Waals surface area contributed by atoms with Gasteiger partial charge in [-0.3, -0.25) is 9.69 Å². The van der Waals surface area contributed by atoms with E-state index in [-0.39, 0.29) is 16.8 Å². The highest BCUT2D eigenvalue weighted by atomic mass is 32.2. The van der Waals surface area contributed by atoms with E-state index in [9.17, 15) is 13.2 Å².